The van der Waals surface area contributed by atoms with Gasteiger partial charge in [0.25, 0.3) is 0 Å². The number of hydrogen-bond donors (Lipinski definition) is 3. The van der Waals surface area contributed by atoms with E-state index in [4.69, 9.17) is 0 Å². The van der Waals surface area contributed by atoms with Crippen molar-refractivity contribution in [1.29, 1.82) is 0 Å². The maximum absolute atomic E-state index is 14.1. The highest BCUT2D eigenvalue weighted by molar-refractivity contribution is 14.2. The molecular formula is C24H26F2IN7O2. The van der Waals surface area contributed by atoms with Crippen LogP contribution < -0.4 is 10.2 Å². The lowest BCUT2D eigenvalue weighted by atomic mass is 10.1. The van der Waals surface area contributed by atoms with E-state index in [1.807, 2.05) is 24.3 Å². The summed E-state index contributed by atoms with van der Waals surface area (Å²) in [5.74, 6) is 0.783. The molecule has 0 amide bonds. The summed E-state index contributed by atoms with van der Waals surface area (Å²) in [6, 6.07) is 11.4. The smallest absolute Gasteiger partial charge is 0.321 e. The Morgan fingerprint density at radius 3 is 2.78 bits per heavy atom. The number of benzene rings is 1. The van der Waals surface area contributed by atoms with Gasteiger partial charge in [-0.05, 0) is 57.8 Å². The molecule has 3 N–H and O–H groups in total. The van der Waals surface area contributed by atoms with Crippen LogP contribution in [-0.2, 0) is 0 Å². The van der Waals surface area contributed by atoms with Crippen molar-refractivity contribution in [1.82, 2.24) is 24.6 Å². The minimum Gasteiger partial charge on any atom is -0.380 e. The van der Waals surface area contributed by atoms with Crippen LogP contribution in [0.4, 0.5) is 20.2 Å². The molecule has 1 fully saturated rings. The van der Waals surface area contributed by atoms with Crippen molar-refractivity contribution >= 4 is 36.6 Å². The summed E-state index contributed by atoms with van der Waals surface area (Å²) in [6.45, 7) is 0.272. The lowest BCUT2D eigenvalue weighted by Crippen LogP contribution is -2.35. The van der Waals surface area contributed by atoms with Gasteiger partial charge in [0.05, 0.1) is 18.1 Å². The van der Waals surface area contributed by atoms with Gasteiger partial charge in [-0.1, -0.05) is 16.6 Å². The molecule has 2 aromatic heterocycles. The van der Waals surface area contributed by atoms with Crippen LogP contribution in [0.25, 0.3) is 11.4 Å². The average molecular weight is 609 g/mol. The van der Waals surface area contributed by atoms with Crippen molar-refractivity contribution in [2.24, 2.45) is 0 Å². The maximum Gasteiger partial charge on any atom is 0.321 e. The second kappa shape index (κ2) is 9.82. The summed E-state index contributed by atoms with van der Waals surface area (Å²) in [5.41, 5.74) is 2.70. The molecule has 9 nitrogen and oxygen atoms in total. The van der Waals surface area contributed by atoms with Gasteiger partial charge in [0.1, 0.15) is 6.33 Å². The third kappa shape index (κ3) is 4.97. The highest BCUT2D eigenvalue weighted by atomic mass is 127. The molecule has 5 rings (SSSR count). The Labute approximate surface area is 216 Å². The number of likely N-dealkylation sites (N-methyl/N-ethyl adjacent to an activating group) is 1. The fourth-order valence-corrected chi connectivity index (χ4v) is 4.84. The summed E-state index contributed by atoms with van der Waals surface area (Å²) in [7, 11) is 1.64. The molecule has 190 valence electrons. The number of nitrogens with zero attached hydrogens (tertiary/aromatic N) is 6. The minimum absolute atomic E-state index is 0.122. The van der Waals surface area contributed by atoms with Gasteiger partial charge in [0.15, 0.2) is 18.2 Å². The zero-order valence-corrected chi connectivity index (χ0v) is 21.6. The molecule has 0 radical (unpaired) electrons. The Balaban J connectivity index is 1.32. The summed E-state index contributed by atoms with van der Waals surface area (Å²) in [4.78, 5) is 7.57. The van der Waals surface area contributed by atoms with Crippen LogP contribution in [0.2, 0.25) is 0 Å². The van der Waals surface area contributed by atoms with Crippen molar-refractivity contribution in [3.05, 3.63) is 66.5 Å². The molecule has 0 saturated heterocycles. The van der Waals surface area contributed by atoms with E-state index in [9.17, 15) is 19.0 Å². The normalized spacial score (nSPS) is 17.8. The second-order valence-corrected chi connectivity index (χ2v) is 11.0. The van der Waals surface area contributed by atoms with Crippen LogP contribution >= 0.6 is 20.7 Å². The number of pyridine rings is 1. The third-order valence-corrected chi connectivity index (χ3v) is 7.78. The first-order valence-corrected chi connectivity index (χ1v) is 13.9. The molecule has 1 aliphatic heterocycles. The van der Waals surface area contributed by atoms with Crippen LogP contribution in [0, 0.1) is 0 Å². The summed E-state index contributed by atoms with van der Waals surface area (Å²) in [5, 5.41) is 32.4. The molecule has 3 heterocycles. The number of aliphatic hydroxyl groups is 2. The van der Waals surface area contributed by atoms with Gasteiger partial charge in [0, 0.05) is 42.4 Å². The Morgan fingerprint density at radius 2 is 2.03 bits per heavy atom. The third-order valence-electron chi connectivity index (χ3n) is 6.18. The lowest BCUT2D eigenvalue weighted by molar-refractivity contribution is -0.00867. The van der Waals surface area contributed by atoms with E-state index in [2.05, 4.69) is 29.6 Å². The number of rotatable bonds is 9. The van der Waals surface area contributed by atoms with E-state index in [1.54, 1.807) is 41.5 Å². The van der Waals surface area contributed by atoms with Crippen molar-refractivity contribution in [3.63, 3.8) is 0 Å². The monoisotopic (exact) mass is 609 g/mol. The van der Waals surface area contributed by atoms with Crippen LogP contribution in [0.3, 0.4) is 0 Å². The largest absolute Gasteiger partial charge is 0.380 e. The summed E-state index contributed by atoms with van der Waals surface area (Å²) >= 11 is -1.72. The average Bonchev–Trinajstić information content (AvgIpc) is 3.47. The molecule has 0 spiro atoms. The maximum atomic E-state index is 14.1. The Bertz CT molecular complexity index is 1300. The SMILES string of the molecule is C=IC(F)(F)C(O)C1=CN(c2ccnc(C(O)Nc3cccc(-c4nncn4C4CC4)c3)c2)CN1C. The molecule has 3 aromatic rings. The number of aromatic nitrogens is 4. The van der Waals surface area contributed by atoms with E-state index < -0.39 is 37.0 Å². The number of anilines is 2. The van der Waals surface area contributed by atoms with Gasteiger partial charge in [-0.3, -0.25) is 4.98 Å². The highest BCUT2D eigenvalue weighted by Crippen LogP contribution is 2.39. The first-order chi connectivity index (χ1) is 17.3. The zero-order chi connectivity index (χ0) is 25.4. The van der Waals surface area contributed by atoms with Gasteiger partial charge >= 0.3 is 3.93 Å². The van der Waals surface area contributed by atoms with Crippen LogP contribution in [0.1, 0.15) is 30.8 Å². The van der Waals surface area contributed by atoms with E-state index >= 15 is 0 Å². The first kappa shape index (κ1) is 24.7. The molecule has 12 heteroatoms. The van der Waals surface area contributed by atoms with Gasteiger partial charge in [-0.15, -0.1) is 10.2 Å². The van der Waals surface area contributed by atoms with Crippen molar-refractivity contribution in [2.75, 3.05) is 23.9 Å². The second-order valence-electron chi connectivity index (χ2n) is 8.80. The van der Waals surface area contributed by atoms with Gasteiger partial charge < -0.3 is 29.9 Å². The van der Waals surface area contributed by atoms with Crippen LogP contribution in [0.15, 0.2) is 60.8 Å². The highest BCUT2D eigenvalue weighted by Gasteiger charge is 2.41. The quantitative estimate of drug-likeness (QED) is 0.192. The van der Waals surface area contributed by atoms with E-state index in [-0.39, 0.29) is 12.4 Å². The molecule has 2 atom stereocenters. The molecule has 1 aliphatic carbocycles. The number of nitrogens with one attached hydrogen (secondary N) is 1. The summed E-state index contributed by atoms with van der Waals surface area (Å²) < 4.78 is 30.3. The Hall–Kier alpha value is -2.97. The first-order valence-electron chi connectivity index (χ1n) is 11.3. The van der Waals surface area contributed by atoms with Crippen molar-refractivity contribution < 1.29 is 19.0 Å². The van der Waals surface area contributed by atoms with E-state index in [0.717, 1.165) is 24.2 Å². The molecule has 0 bridgehead atoms. The fraction of sp³-hybridized carbons (Fsp3) is 0.333. The van der Waals surface area contributed by atoms with Gasteiger partial charge in [0.2, 0.25) is 0 Å². The number of halogens is 3. The zero-order valence-electron chi connectivity index (χ0n) is 19.5. The van der Waals surface area contributed by atoms with Crippen molar-refractivity contribution in [2.45, 2.75) is 35.1 Å². The molecule has 1 aromatic carbocycles. The van der Waals surface area contributed by atoms with Gasteiger partial charge in [-0.25, -0.2) is 0 Å². The standard InChI is InChI=1S/C24H26F2IN7O2/c1-27-24(25,26)21(35)20-12-33(14-32(20)2)18-8-9-28-19(11-18)23(36)30-16-5-3-4-15(10-16)22-31-29-13-34(22)17-6-7-17/h3-5,8-13,17,21,23,30,35-36H,1,6-7,14H2,2H3. The Morgan fingerprint density at radius 1 is 1.22 bits per heavy atom. The molecule has 36 heavy (non-hydrogen) atoms. The Kier molecular flexibility index (Phi) is 6.74. The van der Waals surface area contributed by atoms with Crippen LogP contribution in [-0.4, -0.2) is 63.1 Å². The van der Waals surface area contributed by atoms with E-state index in [1.165, 1.54) is 6.20 Å². The van der Waals surface area contributed by atoms with Crippen molar-refractivity contribution in [3.8, 4) is 11.4 Å². The molecule has 2 aliphatic rings. The molecular weight excluding hydrogens is 583 g/mol. The fourth-order valence-electron chi connectivity index (χ4n) is 4.10. The number of hydrogen-bond acceptors (Lipinski definition) is 8. The lowest BCUT2D eigenvalue weighted by Gasteiger charge is -2.24. The summed E-state index contributed by atoms with van der Waals surface area (Å²) in [6.07, 6.45) is 3.99. The van der Waals surface area contributed by atoms with Gasteiger partial charge in [-0.2, -0.15) is 8.78 Å². The minimum atomic E-state index is -3.22. The number of alkyl halides is 3. The topological polar surface area (TPSA) is 103 Å². The molecule has 2 unspecified atom stereocenters. The number of aliphatic hydroxyl groups excluding tert-OH is 2. The van der Waals surface area contributed by atoms with E-state index in [0.29, 0.717) is 23.1 Å². The molecule has 1 saturated carbocycles. The predicted molar refractivity (Wildman–Crippen MR) is 142 cm³/mol. The predicted octanol–water partition coefficient (Wildman–Crippen LogP) is 3.69. The van der Waals surface area contributed by atoms with Crippen LogP contribution in [0.5, 0.6) is 0 Å².